The van der Waals surface area contributed by atoms with Gasteiger partial charge in [0, 0.05) is 23.5 Å². The van der Waals surface area contributed by atoms with Gasteiger partial charge in [-0.3, -0.25) is 4.79 Å². The van der Waals surface area contributed by atoms with Crippen molar-refractivity contribution in [2.75, 3.05) is 5.32 Å². The van der Waals surface area contributed by atoms with Crippen LogP contribution in [0.1, 0.15) is 18.4 Å². The zero-order chi connectivity index (χ0) is 15.4. The van der Waals surface area contributed by atoms with Gasteiger partial charge in [0.05, 0.1) is 10.7 Å². The average Bonchev–Trinajstić information content (AvgIpc) is 2.93. The number of hydrogen-bond donors (Lipinski definition) is 2. The number of aryl methyl sites for hydroxylation is 1. The van der Waals surface area contributed by atoms with Crippen molar-refractivity contribution in [2.45, 2.75) is 19.3 Å². The van der Waals surface area contributed by atoms with E-state index in [9.17, 15) is 4.79 Å². The molecule has 1 amide bonds. The largest absolute Gasteiger partial charge is 0.361 e. The molecule has 22 heavy (non-hydrogen) atoms. The summed E-state index contributed by atoms with van der Waals surface area (Å²) >= 11 is 6.03. The maximum atomic E-state index is 12.0. The summed E-state index contributed by atoms with van der Waals surface area (Å²) in [6.45, 7) is 0. The van der Waals surface area contributed by atoms with Crippen LogP contribution in [0.25, 0.3) is 10.9 Å². The van der Waals surface area contributed by atoms with E-state index in [1.807, 2.05) is 30.5 Å². The zero-order valence-electron chi connectivity index (χ0n) is 12.1. The number of aromatic amines is 1. The minimum Gasteiger partial charge on any atom is -0.361 e. The number of benzene rings is 2. The van der Waals surface area contributed by atoms with Gasteiger partial charge in [-0.05, 0) is 36.6 Å². The highest BCUT2D eigenvalue weighted by molar-refractivity contribution is 6.33. The monoisotopic (exact) mass is 312 g/mol. The number of anilines is 1. The van der Waals surface area contributed by atoms with Crippen LogP contribution in [-0.4, -0.2) is 10.9 Å². The smallest absolute Gasteiger partial charge is 0.224 e. The molecule has 0 spiro atoms. The van der Waals surface area contributed by atoms with Crippen molar-refractivity contribution in [3.05, 3.63) is 65.3 Å². The molecular formula is C18H17ClN2O. The lowest BCUT2D eigenvalue weighted by Gasteiger charge is -2.06. The van der Waals surface area contributed by atoms with Gasteiger partial charge in [0.1, 0.15) is 0 Å². The molecule has 0 saturated carbocycles. The third kappa shape index (κ3) is 3.31. The molecule has 3 nitrogen and oxygen atoms in total. The van der Waals surface area contributed by atoms with E-state index in [2.05, 4.69) is 22.4 Å². The Morgan fingerprint density at radius 1 is 1.09 bits per heavy atom. The predicted octanol–water partition coefficient (Wildman–Crippen LogP) is 4.78. The molecule has 0 aliphatic heterocycles. The first-order chi connectivity index (χ1) is 10.7. The molecule has 1 heterocycles. The molecule has 0 atom stereocenters. The van der Waals surface area contributed by atoms with E-state index >= 15 is 0 Å². The Balaban J connectivity index is 1.55. The fourth-order valence-electron chi connectivity index (χ4n) is 2.55. The van der Waals surface area contributed by atoms with E-state index in [-0.39, 0.29) is 5.91 Å². The van der Waals surface area contributed by atoms with Crippen LogP contribution in [0.15, 0.2) is 54.7 Å². The summed E-state index contributed by atoms with van der Waals surface area (Å²) in [5.41, 5.74) is 3.06. The van der Waals surface area contributed by atoms with Gasteiger partial charge in [-0.25, -0.2) is 0 Å². The maximum absolute atomic E-state index is 12.0. The van der Waals surface area contributed by atoms with Crippen molar-refractivity contribution in [2.24, 2.45) is 0 Å². The molecule has 0 aliphatic rings. The third-order valence-corrected chi connectivity index (χ3v) is 4.00. The minimum atomic E-state index is -0.00654. The first-order valence-electron chi connectivity index (χ1n) is 7.33. The van der Waals surface area contributed by atoms with Crippen LogP contribution in [0.5, 0.6) is 0 Å². The highest BCUT2D eigenvalue weighted by Gasteiger charge is 2.07. The van der Waals surface area contributed by atoms with E-state index in [1.54, 1.807) is 12.1 Å². The molecular weight excluding hydrogens is 296 g/mol. The second-order valence-electron chi connectivity index (χ2n) is 5.24. The van der Waals surface area contributed by atoms with Crippen LogP contribution in [0.4, 0.5) is 5.69 Å². The van der Waals surface area contributed by atoms with Gasteiger partial charge in [-0.2, -0.15) is 0 Å². The van der Waals surface area contributed by atoms with Gasteiger partial charge in [-0.1, -0.05) is 41.9 Å². The Labute approximate surface area is 134 Å². The van der Waals surface area contributed by atoms with Gasteiger partial charge in [-0.15, -0.1) is 0 Å². The topological polar surface area (TPSA) is 44.9 Å². The van der Waals surface area contributed by atoms with Crippen LogP contribution in [0.3, 0.4) is 0 Å². The lowest BCUT2D eigenvalue weighted by Crippen LogP contribution is -2.11. The lowest BCUT2D eigenvalue weighted by molar-refractivity contribution is -0.116. The molecule has 0 unspecified atom stereocenters. The van der Waals surface area contributed by atoms with Crippen molar-refractivity contribution in [1.82, 2.24) is 4.98 Å². The molecule has 0 fully saturated rings. The van der Waals surface area contributed by atoms with Crippen molar-refractivity contribution in [3.63, 3.8) is 0 Å². The van der Waals surface area contributed by atoms with Gasteiger partial charge in [0.15, 0.2) is 0 Å². The van der Waals surface area contributed by atoms with Gasteiger partial charge in [0.25, 0.3) is 0 Å². The Kier molecular flexibility index (Phi) is 4.45. The number of nitrogens with one attached hydrogen (secondary N) is 2. The lowest BCUT2D eigenvalue weighted by atomic mass is 10.1. The number of H-pyrrole nitrogens is 1. The fraction of sp³-hybridized carbons (Fsp3) is 0.167. The standard InChI is InChI=1S/C18H17ClN2O/c19-15-8-2-4-10-17(15)21-18(22)11-5-6-13-12-20-16-9-3-1-7-14(13)16/h1-4,7-10,12,20H,5-6,11H2,(H,21,22). The number of carbonyl (C=O) groups excluding carboxylic acids is 1. The Hall–Kier alpha value is -2.26. The molecule has 1 aromatic heterocycles. The summed E-state index contributed by atoms with van der Waals surface area (Å²) < 4.78 is 0. The number of carbonyl (C=O) groups is 1. The SMILES string of the molecule is O=C(CCCc1c[nH]c2ccccc12)Nc1ccccc1Cl. The van der Waals surface area contributed by atoms with Gasteiger partial charge in [0.2, 0.25) is 5.91 Å². The van der Waals surface area contributed by atoms with Crippen molar-refractivity contribution < 1.29 is 4.79 Å². The van der Waals surface area contributed by atoms with E-state index in [0.29, 0.717) is 17.1 Å². The molecule has 112 valence electrons. The summed E-state index contributed by atoms with van der Waals surface area (Å²) in [5, 5.41) is 4.64. The number of aromatic nitrogens is 1. The molecule has 2 N–H and O–H groups in total. The van der Waals surface area contributed by atoms with Crippen molar-refractivity contribution in [1.29, 1.82) is 0 Å². The quantitative estimate of drug-likeness (QED) is 0.699. The third-order valence-electron chi connectivity index (χ3n) is 3.67. The molecule has 3 aromatic rings. The molecule has 3 rings (SSSR count). The van der Waals surface area contributed by atoms with Gasteiger partial charge >= 0.3 is 0 Å². The second-order valence-corrected chi connectivity index (χ2v) is 5.65. The molecule has 4 heteroatoms. The number of amides is 1. The van der Waals surface area contributed by atoms with E-state index in [1.165, 1.54) is 10.9 Å². The summed E-state index contributed by atoms with van der Waals surface area (Å²) in [4.78, 5) is 15.2. The minimum absolute atomic E-state index is 0.00654. The van der Waals surface area contributed by atoms with Crippen LogP contribution < -0.4 is 5.32 Å². The summed E-state index contributed by atoms with van der Waals surface area (Å²) in [6.07, 6.45) is 4.18. The van der Waals surface area contributed by atoms with Crippen LogP contribution >= 0.6 is 11.6 Å². The van der Waals surface area contributed by atoms with E-state index in [0.717, 1.165) is 18.4 Å². The molecule has 0 saturated heterocycles. The molecule has 0 bridgehead atoms. The number of halogens is 1. The Morgan fingerprint density at radius 3 is 2.73 bits per heavy atom. The maximum Gasteiger partial charge on any atom is 0.224 e. The predicted molar refractivity (Wildman–Crippen MR) is 91.3 cm³/mol. The summed E-state index contributed by atoms with van der Waals surface area (Å²) in [6, 6.07) is 15.5. The second kappa shape index (κ2) is 6.67. The van der Waals surface area contributed by atoms with Crippen molar-refractivity contribution >= 4 is 34.1 Å². The average molecular weight is 313 g/mol. The van der Waals surface area contributed by atoms with E-state index < -0.39 is 0 Å². The molecule has 0 radical (unpaired) electrons. The highest BCUT2D eigenvalue weighted by Crippen LogP contribution is 2.22. The Morgan fingerprint density at radius 2 is 1.86 bits per heavy atom. The highest BCUT2D eigenvalue weighted by atomic mass is 35.5. The number of para-hydroxylation sites is 2. The van der Waals surface area contributed by atoms with Gasteiger partial charge < -0.3 is 10.3 Å². The first kappa shape index (κ1) is 14.7. The number of fused-ring (bicyclic) bond motifs is 1. The van der Waals surface area contributed by atoms with Crippen LogP contribution in [0, 0.1) is 0 Å². The Bertz CT molecular complexity index is 794. The van der Waals surface area contributed by atoms with E-state index in [4.69, 9.17) is 11.6 Å². The number of hydrogen-bond acceptors (Lipinski definition) is 1. The number of rotatable bonds is 5. The fourth-order valence-corrected chi connectivity index (χ4v) is 2.74. The zero-order valence-corrected chi connectivity index (χ0v) is 12.9. The summed E-state index contributed by atoms with van der Waals surface area (Å²) in [7, 11) is 0. The summed E-state index contributed by atoms with van der Waals surface area (Å²) in [5.74, 6) is -0.00654. The van der Waals surface area contributed by atoms with Crippen molar-refractivity contribution in [3.8, 4) is 0 Å². The molecule has 2 aromatic carbocycles. The normalized spacial score (nSPS) is 10.8. The molecule has 0 aliphatic carbocycles. The first-order valence-corrected chi connectivity index (χ1v) is 7.71. The van der Waals surface area contributed by atoms with Crippen LogP contribution in [0.2, 0.25) is 5.02 Å². The van der Waals surface area contributed by atoms with Crippen LogP contribution in [-0.2, 0) is 11.2 Å².